The first-order chi connectivity index (χ1) is 11.9. The van der Waals surface area contributed by atoms with Crippen molar-refractivity contribution in [1.82, 2.24) is 0 Å². The maximum Gasteiger partial charge on any atom is 0.126 e. The Hall–Kier alpha value is -1.87. The van der Waals surface area contributed by atoms with Crippen molar-refractivity contribution in [3.05, 3.63) is 52.5 Å². The second-order valence-electron chi connectivity index (χ2n) is 6.77. The van der Waals surface area contributed by atoms with Gasteiger partial charge in [0.25, 0.3) is 0 Å². The average Bonchev–Trinajstić information content (AvgIpc) is 2.56. The van der Waals surface area contributed by atoms with Crippen molar-refractivity contribution in [2.24, 2.45) is 0 Å². The molecule has 0 aliphatic rings. The summed E-state index contributed by atoms with van der Waals surface area (Å²) in [6.07, 6.45) is 0.776. The van der Waals surface area contributed by atoms with Gasteiger partial charge in [0.15, 0.2) is 0 Å². The van der Waals surface area contributed by atoms with Gasteiger partial charge in [0.05, 0.1) is 13.2 Å². The van der Waals surface area contributed by atoms with Gasteiger partial charge in [-0.15, -0.1) is 0 Å². The second kappa shape index (κ2) is 9.00. The summed E-state index contributed by atoms with van der Waals surface area (Å²) in [5.74, 6) is 2.56. The quantitative estimate of drug-likeness (QED) is 0.573. The summed E-state index contributed by atoms with van der Waals surface area (Å²) >= 11 is 5.86. The fraction of sp³-hybridized carbons (Fsp3) is 0.429. The fourth-order valence-electron chi connectivity index (χ4n) is 2.64. The third-order valence-electron chi connectivity index (χ3n) is 3.99. The molecule has 0 atom stereocenters. The summed E-state index contributed by atoms with van der Waals surface area (Å²) < 4.78 is 11.8. The zero-order valence-electron chi connectivity index (χ0n) is 15.4. The number of benzene rings is 2. The molecule has 0 unspecified atom stereocenters. The average molecular weight is 363 g/mol. The van der Waals surface area contributed by atoms with Crippen LogP contribution in [0, 0.1) is 0 Å². The van der Waals surface area contributed by atoms with E-state index in [4.69, 9.17) is 21.1 Å². The molecule has 0 fully saturated rings. The largest absolute Gasteiger partial charge is 0.508 e. The lowest BCUT2D eigenvalue weighted by molar-refractivity contribution is 0.244. The van der Waals surface area contributed by atoms with Crippen LogP contribution in [0.25, 0.3) is 0 Å². The van der Waals surface area contributed by atoms with E-state index in [1.165, 1.54) is 0 Å². The Balaban J connectivity index is 1.96. The van der Waals surface area contributed by atoms with Crippen molar-refractivity contribution in [1.29, 1.82) is 0 Å². The van der Waals surface area contributed by atoms with Gasteiger partial charge in [0.1, 0.15) is 17.2 Å². The predicted molar refractivity (Wildman–Crippen MR) is 103 cm³/mol. The van der Waals surface area contributed by atoms with Crippen LogP contribution in [0.1, 0.15) is 57.1 Å². The van der Waals surface area contributed by atoms with Crippen molar-refractivity contribution in [3.63, 3.8) is 0 Å². The molecule has 136 valence electrons. The van der Waals surface area contributed by atoms with Crippen LogP contribution in [-0.2, 0) is 0 Å². The van der Waals surface area contributed by atoms with E-state index in [0.29, 0.717) is 24.0 Å². The Morgan fingerprint density at radius 3 is 1.92 bits per heavy atom. The van der Waals surface area contributed by atoms with Crippen molar-refractivity contribution in [2.45, 2.75) is 46.0 Å². The topological polar surface area (TPSA) is 38.7 Å². The molecule has 0 saturated carbocycles. The van der Waals surface area contributed by atoms with Crippen LogP contribution in [0.2, 0.25) is 5.02 Å². The molecule has 1 N–H and O–H groups in total. The highest BCUT2D eigenvalue weighted by Gasteiger charge is 2.17. The lowest BCUT2D eigenvalue weighted by Gasteiger charge is -2.20. The highest BCUT2D eigenvalue weighted by atomic mass is 35.5. The SMILES string of the molecule is CC(C)c1cc(O)cc(C(C)C)c1OCCCOc1ccc(Cl)cc1. The molecule has 0 spiro atoms. The maximum atomic E-state index is 9.99. The van der Waals surface area contributed by atoms with E-state index in [9.17, 15) is 5.11 Å². The van der Waals surface area contributed by atoms with E-state index in [0.717, 1.165) is 29.0 Å². The zero-order valence-corrected chi connectivity index (χ0v) is 16.1. The first-order valence-corrected chi connectivity index (χ1v) is 9.14. The lowest BCUT2D eigenvalue weighted by atomic mass is 9.93. The smallest absolute Gasteiger partial charge is 0.126 e. The predicted octanol–water partition coefficient (Wildman–Crippen LogP) is 6.14. The lowest BCUT2D eigenvalue weighted by Crippen LogP contribution is -2.09. The Morgan fingerprint density at radius 2 is 1.40 bits per heavy atom. The highest BCUT2D eigenvalue weighted by molar-refractivity contribution is 6.30. The molecule has 0 aliphatic heterocycles. The van der Waals surface area contributed by atoms with Crippen molar-refractivity contribution < 1.29 is 14.6 Å². The number of aromatic hydroxyl groups is 1. The van der Waals surface area contributed by atoms with Gasteiger partial charge in [-0.25, -0.2) is 0 Å². The van der Waals surface area contributed by atoms with Crippen LogP contribution in [0.3, 0.4) is 0 Å². The van der Waals surface area contributed by atoms with Gasteiger partial charge in [-0.05, 0) is 48.2 Å². The van der Waals surface area contributed by atoms with Crippen LogP contribution in [0.4, 0.5) is 0 Å². The number of rotatable bonds is 8. The summed E-state index contributed by atoms with van der Waals surface area (Å²) in [7, 11) is 0. The number of hydrogen-bond acceptors (Lipinski definition) is 3. The first kappa shape index (κ1) is 19.5. The number of ether oxygens (including phenoxy) is 2. The zero-order chi connectivity index (χ0) is 18.4. The molecule has 0 heterocycles. The van der Waals surface area contributed by atoms with Gasteiger partial charge < -0.3 is 14.6 Å². The molecular formula is C21H27ClO3. The van der Waals surface area contributed by atoms with Gasteiger partial charge >= 0.3 is 0 Å². The Kier molecular flexibility index (Phi) is 7.01. The van der Waals surface area contributed by atoms with Gasteiger partial charge in [-0.3, -0.25) is 0 Å². The van der Waals surface area contributed by atoms with E-state index >= 15 is 0 Å². The second-order valence-corrected chi connectivity index (χ2v) is 7.20. The van der Waals surface area contributed by atoms with Crippen LogP contribution in [-0.4, -0.2) is 18.3 Å². The third-order valence-corrected chi connectivity index (χ3v) is 4.24. The molecule has 25 heavy (non-hydrogen) atoms. The molecule has 0 radical (unpaired) electrons. The summed E-state index contributed by atoms with van der Waals surface area (Å²) in [4.78, 5) is 0. The molecule has 0 bridgehead atoms. The Bertz CT molecular complexity index is 649. The van der Waals surface area contributed by atoms with Crippen LogP contribution in [0.5, 0.6) is 17.2 Å². The molecule has 2 rings (SSSR count). The Morgan fingerprint density at radius 1 is 0.880 bits per heavy atom. The highest BCUT2D eigenvalue weighted by Crippen LogP contribution is 2.37. The van der Waals surface area contributed by atoms with Crippen LogP contribution < -0.4 is 9.47 Å². The Labute approximate surface area is 155 Å². The summed E-state index contributed by atoms with van der Waals surface area (Å²) in [6.45, 7) is 9.57. The summed E-state index contributed by atoms with van der Waals surface area (Å²) in [6, 6.07) is 10.9. The van der Waals surface area contributed by atoms with E-state index in [1.54, 1.807) is 12.1 Å². The van der Waals surface area contributed by atoms with Gasteiger partial charge in [0, 0.05) is 22.6 Å². The van der Waals surface area contributed by atoms with E-state index < -0.39 is 0 Å². The van der Waals surface area contributed by atoms with Crippen LogP contribution in [0.15, 0.2) is 36.4 Å². The number of phenols is 1. The molecule has 0 saturated heterocycles. The standard InChI is InChI=1S/C21H27ClO3/c1-14(2)19-12-17(23)13-20(15(3)4)21(19)25-11-5-10-24-18-8-6-16(22)7-9-18/h6-9,12-15,23H,5,10-11H2,1-4H3. The van der Waals surface area contributed by atoms with E-state index in [1.807, 2.05) is 24.3 Å². The number of hydrogen-bond donors (Lipinski definition) is 1. The fourth-order valence-corrected chi connectivity index (χ4v) is 2.76. The molecule has 4 heteroatoms. The molecule has 2 aromatic rings. The summed E-state index contributed by atoms with van der Waals surface area (Å²) in [5.41, 5.74) is 2.09. The number of halogens is 1. The minimum absolute atomic E-state index is 0.282. The van der Waals surface area contributed by atoms with E-state index in [2.05, 4.69) is 27.7 Å². The van der Waals surface area contributed by atoms with Crippen molar-refractivity contribution >= 4 is 11.6 Å². The van der Waals surface area contributed by atoms with E-state index in [-0.39, 0.29) is 11.8 Å². The molecule has 0 aliphatic carbocycles. The maximum absolute atomic E-state index is 9.99. The monoisotopic (exact) mass is 362 g/mol. The minimum atomic E-state index is 0.282. The van der Waals surface area contributed by atoms with Gasteiger partial charge in [-0.2, -0.15) is 0 Å². The first-order valence-electron chi connectivity index (χ1n) is 8.76. The molecular weight excluding hydrogens is 336 g/mol. The van der Waals surface area contributed by atoms with Crippen LogP contribution >= 0.6 is 11.6 Å². The molecule has 0 aromatic heterocycles. The molecule has 3 nitrogen and oxygen atoms in total. The van der Waals surface area contributed by atoms with Gasteiger partial charge in [0.2, 0.25) is 0 Å². The van der Waals surface area contributed by atoms with Crippen molar-refractivity contribution in [3.8, 4) is 17.2 Å². The number of phenolic OH excluding ortho intramolecular Hbond substituents is 1. The van der Waals surface area contributed by atoms with Crippen molar-refractivity contribution in [2.75, 3.05) is 13.2 Å². The van der Waals surface area contributed by atoms with Gasteiger partial charge in [-0.1, -0.05) is 39.3 Å². The normalized spacial score (nSPS) is 11.2. The minimum Gasteiger partial charge on any atom is -0.508 e. The third kappa shape index (κ3) is 5.57. The molecule has 0 amide bonds. The molecule has 2 aromatic carbocycles. The summed E-state index contributed by atoms with van der Waals surface area (Å²) in [5, 5.41) is 10.7.